The lowest BCUT2D eigenvalue weighted by atomic mass is 10.3. The zero-order chi connectivity index (χ0) is 8.27. The molecule has 0 saturated carbocycles. The number of H-pyrrole nitrogens is 1. The molecule has 2 N–H and O–H groups in total. The molecule has 0 unspecified atom stereocenters. The molecule has 0 amide bonds. The van der Waals surface area contributed by atoms with Crippen molar-refractivity contribution in [3.63, 3.8) is 0 Å². The molecule has 1 heterocycles. The maximum atomic E-state index is 11.0. The zero-order valence-electron chi connectivity index (χ0n) is 6.64. The topological polar surface area (TPSA) is 57.8 Å². The maximum Gasteiger partial charge on any atom is 0.255 e. The summed E-state index contributed by atoms with van der Waals surface area (Å²) >= 11 is 0. The quantitative estimate of drug-likeness (QED) is 0.650. The molecule has 60 valence electrons. The molecule has 0 fully saturated rings. The Morgan fingerprint density at radius 2 is 2.45 bits per heavy atom. The highest BCUT2D eigenvalue weighted by molar-refractivity contribution is 5.40. The fourth-order valence-electron chi connectivity index (χ4n) is 0.814. The summed E-state index contributed by atoms with van der Waals surface area (Å²) in [5.74, 6) is 0.663. The average Bonchev–Trinajstić information content (AvgIpc) is 1.99. The van der Waals surface area contributed by atoms with Crippen LogP contribution in [0.2, 0.25) is 0 Å². The summed E-state index contributed by atoms with van der Waals surface area (Å²) in [6, 6.07) is 0. The van der Waals surface area contributed by atoms with E-state index in [1.807, 2.05) is 6.92 Å². The van der Waals surface area contributed by atoms with Gasteiger partial charge in [-0.25, -0.2) is 4.98 Å². The first-order chi connectivity index (χ1) is 5.25. The van der Waals surface area contributed by atoms with Crippen LogP contribution in [0, 0.1) is 6.92 Å². The molecule has 0 bridgehead atoms. The summed E-state index contributed by atoms with van der Waals surface area (Å²) in [4.78, 5) is 17.4. The second-order valence-electron chi connectivity index (χ2n) is 2.24. The molecule has 11 heavy (non-hydrogen) atoms. The Bertz CT molecular complexity index is 292. The number of hydrogen-bond acceptors (Lipinski definition) is 3. The van der Waals surface area contributed by atoms with Crippen LogP contribution in [0.25, 0.3) is 0 Å². The maximum absolute atomic E-state index is 11.0. The van der Waals surface area contributed by atoms with Crippen LogP contribution in [0.3, 0.4) is 0 Å². The lowest BCUT2D eigenvalue weighted by Gasteiger charge is -2.02. The summed E-state index contributed by atoms with van der Waals surface area (Å²) in [6.45, 7) is 4.48. The molecule has 0 atom stereocenters. The fourth-order valence-corrected chi connectivity index (χ4v) is 0.814. The van der Waals surface area contributed by atoms with Gasteiger partial charge in [-0.15, -0.1) is 0 Å². The number of rotatable bonds is 2. The van der Waals surface area contributed by atoms with Gasteiger partial charge in [0.15, 0.2) is 0 Å². The van der Waals surface area contributed by atoms with Crippen LogP contribution < -0.4 is 10.9 Å². The predicted octanol–water partition coefficient (Wildman–Crippen LogP) is 0.510. The minimum Gasteiger partial charge on any atom is -0.370 e. The Balaban J connectivity index is 3.06. The van der Waals surface area contributed by atoms with Gasteiger partial charge < -0.3 is 10.3 Å². The molecule has 0 aliphatic rings. The van der Waals surface area contributed by atoms with E-state index in [1.165, 1.54) is 6.33 Å². The van der Waals surface area contributed by atoms with E-state index in [9.17, 15) is 4.79 Å². The monoisotopic (exact) mass is 153 g/mol. The number of hydrogen-bond donors (Lipinski definition) is 2. The largest absolute Gasteiger partial charge is 0.370 e. The molecule has 0 aliphatic heterocycles. The molecule has 0 aromatic carbocycles. The average molecular weight is 153 g/mol. The molecule has 4 nitrogen and oxygen atoms in total. The van der Waals surface area contributed by atoms with Crippen molar-refractivity contribution in [2.24, 2.45) is 0 Å². The van der Waals surface area contributed by atoms with E-state index >= 15 is 0 Å². The second-order valence-corrected chi connectivity index (χ2v) is 2.24. The summed E-state index contributed by atoms with van der Waals surface area (Å²) in [5.41, 5.74) is 0.547. The van der Waals surface area contributed by atoms with Crippen LogP contribution in [0.1, 0.15) is 12.5 Å². The van der Waals surface area contributed by atoms with Crippen LogP contribution in [-0.4, -0.2) is 16.5 Å². The van der Waals surface area contributed by atoms with Crippen molar-refractivity contribution < 1.29 is 0 Å². The summed E-state index contributed by atoms with van der Waals surface area (Å²) in [5, 5.41) is 2.99. The van der Waals surface area contributed by atoms with Crippen LogP contribution in [0.5, 0.6) is 0 Å². The highest BCUT2D eigenvalue weighted by Crippen LogP contribution is 2.01. The van der Waals surface area contributed by atoms with Crippen molar-refractivity contribution >= 4 is 5.82 Å². The van der Waals surface area contributed by atoms with Crippen molar-refractivity contribution in [3.05, 3.63) is 22.2 Å². The summed E-state index contributed by atoms with van der Waals surface area (Å²) in [7, 11) is 0. The normalized spacial score (nSPS) is 9.64. The molecule has 1 aromatic rings. The number of aromatic amines is 1. The van der Waals surface area contributed by atoms with E-state index in [1.54, 1.807) is 6.92 Å². The van der Waals surface area contributed by atoms with Gasteiger partial charge in [-0.05, 0) is 13.8 Å². The standard InChI is InChI=1S/C7H11N3O/c1-3-8-6-5(2)7(11)10-4-9-6/h4H,3H2,1-2H3,(H2,8,9,10,11). The van der Waals surface area contributed by atoms with Crippen LogP contribution in [0.4, 0.5) is 5.82 Å². The van der Waals surface area contributed by atoms with E-state index in [4.69, 9.17) is 0 Å². The van der Waals surface area contributed by atoms with Gasteiger partial charge in [0.1, 0.15) is 5.82 Å². The lowest BCUT2D eigenvalue weighted by molar-refractivity contribution is 1.05. The van der Waals surface area contributed by atoms with Gasteiger partial charge in [-0.1, -0.05) is 0 Å². The summed E-state index contributed by atoms with van der Waals surface area (Å²) < 4.78 is 0. The molecular formula is C7H11N3O. The Morgan fingerprint density at radius 1 is 1.73 bits per heavy atom. The van der Waals surface area contributed by atoms with Gasteiger partial charge in [0.2, 0.25) is 0 Å². The van der Waals surface area contributed by atoms with Gasteiger partial charge in [0.05, 0.1) is 11.9 Å². The number of nitrogens with one attached hydrogen (secondary N) is 2. The van der Waals surface area contributed by atoms with E-state index in [-0.39, 0.29) is 5.56 Å². The van der Waals surface area contributed by atoms with E-state index < -0.39 is 0 Å². The first-order valence-electron chi connectivity index (χ1n) is 3.54. The lowest BCUT2D eigenvalue weighted by Crippen LogP contribution is -2.14. The molecule has 0 aliphatic carbocycles. The minimum atomic E-state index is -0.0871. The third-order valence-electron chi connectivity index (χ3n) is 1.43. The molecular weight excluding hydrogens is 142 g/mol. The molecule has 0 saturated heterocycles. The zero-order valence-corrected chi connectivity index (χ0v) is 6.64. The fraction of sp³-hybridized carbons (Fsp3) is 0.429. The Labute approximate surface area is 64.7 Å². The number of anilines is 1. The summed E-state index contributed by atoms with van der Waals surface area (Å²) in [6.07, 6.45) is 1.40. The Kier molecular flexibility index (Phi) is 2.25. The van der Waals surface area contributed by atoms with E-state index in [0.717, 1.165) is 6.54 Å². The van der Waals surface area contributed by atoms with Crippen molar-refractivity contribution in [3.8, 4) is 0 Å². The highest BCUT2D eigenvalue weighted by atomic mass is 16.1. The van der Waals surface area contributed by atoms with Gasteiger partial charge in [-0.3, -0.25) is 4.79 Å². The van der Waals surface area contributed by atoms with Gasteiger partial charge in [0, 0.05) is 6.54 Å². The van der Waals surface area contributed by atoms with Crippen molar-refractivity contribution in [2.45, 2.75) is 13.8 Å². The highest BCUT2D eigenvalue weighted by Gasteiger charge is 1.99. The Morgan fingerprint density at radius 3 is 3.09 bits per heavy atom. The SMILES string of the molecule is CCNc1nc[nH]c(=O)c1C. The molecule has 4 heteroatoms. The minimum absolute atomic E-state index is 0.0871. The first-order valence-corrected chi connectivity index (χ1v) is 3.54. The number of nitrogens with zero attached hydrogens (tertiary/aromatic N) is 1. The molecule has 1 rings (SSSR count). The third kappa shape index (κ3) is 1.58. The molecule has 0 radical (unpaired) electrons. The first kappa shape index (κ1) is 7.78. The van der Waals surface area contributed by atoms with Crippen LogP contribution >= 0.6 is 0 Å². The van der Waals surface area contributed by atoms with Crippen molar-refractivity contribution in [1.29, 1.82) is 0 Å². The predicted molar refractivity (Wildman–Crippen MR) is 43.8 cm³/mol. The van der Waals surface area contributed by atoms with Crippen LogP contribution in [-0.2, 0) is 0 Å². The van der Waals surface area contributed by atoms with Gasteiger partial charge in [-0.2, -0.15) is 0 Å². The third-order valence-corrected chi connectivity index (χ3v) is 1.43. The second kappa shape index (κ2) is 3.18. The van der Waals surface area contributed by atoms with Gasteiger partial charge >= 0.3 is 0 Å². The molecule has 1 aromatic heterocycles. The van der Waals surface area contributed by atoms with E-state index in [2.05, 4.69) is 15.3 Å². The van der Waals surface area contributed by atoms with Crippen molar-refractivity contribution in [1.82, 2.24) is 9.97 Å². The smallest absolute Gasteiger partial charge is 0.255 e. The van der Waals surface area contributed by atoms with E-state index in [0.29, 0.717) is 11.4 Å². The molecule has 0 spiro atoms. The number of aromatic nitrogens is 2. The Hall–Kier alpha value is -1.32. The van der Waals surface area contributed by atoms with Crippen molar-refractivity contribution in [2.75, 3.05) is 11.9 Å². The van der Waals surface area contributed by atoms with Crippen LogP contribution in [0.15, 0.2) is 11.1 Å². The van der Waals surface area contributed by atoms with Gasteiger partial charge in [0.25, 0.3) is 5.56 Å².